The summed E-state index contributed by atoms with van der Waals surface area (Å²) in [5, 5.41) is 8.54. The molecule has 0 saturated heterocycles. The van der Waals surface area contributed by atoms with Gasteiger partial charge in [-0.3, -0.25) is 0 Å². The van der Waals surface area contributed by atoms with Crippen molar-refractivity contribution >= 4 is 0 Å². The van der Waals surface area contributed by atoms with E-state index in [1.54, 1.807) is 0 Å². The highest BCUT2D eigenvalue weighted by Crippen LogP contribution is 2.32. The van der Waals surface area contributed by atoms with Crippen molar-refractivity contribution in [2.24, 2.45) is 5.73 Å². The maximum absolute atomic E-state index is 12.1. The minimum atomic E-state index is -4.77. The first-order chi connectivity index (χ1) is 8.37. The van der Waals surface area contributed by atoms with Crippen LogP contribution in [0.3, 0.4) is 0 Å². The van der Waals surface area contributed by atoms with E-state index in [4.69, 9.17) is 15.7 Å². The van der Waals surface area contributed by atoms with E-state index < -0.39 is 18.2 Å². The van der Waals surface area contributed by atoms with Crippen LogP contribution in [0.5, 0.6) is 11.5 Å². The molecule has 18 heavy (non-hydrogen) atoms. The monoisotopic (exact) mass is 260 g/mol. The molecule has 4 nitrogen and oxygen atoms in total. The molecule has 1 rings (SSSR count). The molecular formula is C11H11F3N2O2. The third-order valence-corrected chi connectivity index (χ3v) is 2.15. The Morgan fingerprint density at radius 1 is 1.44 bits per heavy atom. The summed E-state index contributed by atoms with van der Waals surface area (Å²) in [7, 11) is 1.36. The average molecular weight is 260 g/mol. The van der Waals surface area contributed by atoms with Gasteiger partial charge in [-0.2, -0.15) is 5.26 Å². The van der Waals surface area contributed by atoms with Gasteiger partial charge in [0.15, 0.2) is 0 Å². The molecule has 2 N–H and O–H groups in total. The summed E-state index contributed by atoms with van der Waals surface area (Å²) in [6.07, 6.45) is -4.81. The Hall–Kier alpha value is -1.94. The van der Waals surface area contributed by atoms with E-state index in [-0.39, 0.29) is 6.42 Å². The number of nitrogens with zero attached hydrogens (tertiary/aromatic N) is 1. The van der Waals surface area contributed by atoms with Gasteiger partial charge < -0.3 is 15.2 Å². The molecule has 1 aromatic rings. The summed E-state index contributed by atoms with van der Waals surface area (Å²) in [6.45, 7) is 0. The number of nitrogens with two attached hydrogens (primary N) is 1. The van der Waals surface area contributed by atoms with E-state index in [1.165, 1.54) is 13.2 Å². The summed E-state index contributed by atoms with van der Waals surface area (Å²) in [6, 6.07) is 4.66. The summed E-state index contributed by atoms with van der Waals surface area (Å²) in [5.41, 5.74) is 5.97. The van der Waals surface area contributed by atoms with Crippen LogP contribution >= 0.6 is 0 Å². The van der Waals surface area contributed by atoms with Crippen molar-refractivity contribution in [2.45, 2.75) is 18.8 Å². The summed E-state index contributed by atoms with van der Waals surface area (Å²) >= 11 is 0. The topological polar surface area (TPSA) is 68.3 Å². The molecule has 0 aromatic heterocycles. The molecule has 0 aliphatic heterocycles. The van der Waals surface area contributed by atoms with Crippen LogP contribution in [-0.4, -0.2) is 13.5 Å². The molecule has 0 saturated carbocycles. The molecule has 7 heteroatoms. The molecule has 0 fully saturated rings. The van der Waals surface area contributed by atoms with Crippen LogP contribution in [0.15, 0.2) is 18.2 Å². The van der Waals surface area contributed by atoms with E-state index in [2.05, 4.69) is 4.74 Å². The second-order valence-electron chi connectivity index (χ2n) is 3.42. The molecule has 0 heterocycles. The predicted molar refractivity (Wildman–Crippen MR) is 56.8 cm³/mol. The van der Waals surface area contributed by atoms with Gasteiger partial charge in [-0.15, -0.1) is 13.2 Å². The van der Waals surface area contributed by atoms with Gasteiger partial charge >= 0.3 is 6.36 Å². The van der Waals surface area contributed by atoms with Crippen molar-refractivity contribution in [1.82, 2.24) is 0 Å². The highest BCUT2D eigenvalue weighted by atomic mass is 19.4. The lowest BCUT2D eigenvalue weighted by atomic mass is 10.0. The van der Waals surface area contributed by atoms with E-state index in [1.807, 2.05) is 6.07 Å². The Kier molecular flexibility index (Phi) is 4.39. The first-order valence-electron chi connectivity index (χ1n) is 4.93. The quantitative estimate of drug-likeness (QED) is 0.903. The minimum absolute atomic E-state index is 0.0359. The van der Waals surface area contributed by atoms with Crippen LogP contribution in [0.4, 0.5) is 13.2 Å². The summed E-state index contributed by atoms with van der Waals surface area (Å²) in [5.74, 6) is -0.0843. The fourth-order valence-electron chi connectivity index (χ4n) is 1.41. The zero-order valence-electron chi connectivity index (χ0n) is 9.49. The van der Waals surface area contributed by atoms with Gasteiger partial charge in [0.1, 0.15) is 11.5 Å². The molecule has 0 radical (unpaired) electrons. The molecule has 0 spiro atoms. The molecular weight excluding hydrogens is 249 g/mol. The Bertz CT molecular complexity index is 455. The second-order valence-corrected chi connectivity index (χ2v) is 3.42. The first kappa shape index (κ1) is 14.1. The highest BCUT2D eigenvalue weighted by molar-refractivity contribution is 5.42. The average Bonchev–Trinajstić information content (AvgIpc) is 2.27. The Morgan fingerprint density at radius 2 is 2.11 bits per heavy atom. The third-order valence-electron chi connectivity index (χ3n) is 2.15. The van der Waals surface area contributed by atoms with Crippen LogP contribution in [0, 0.1) is 11.3 Å². The van der Waals surface area contributed by atoms with Gasteiger partial charge in [-0.05, 0) is 18.2 Å². The second kappa shape index (κ2) is 5.60. The largest absolute Gasteiger partial charge is 0.573 e. The van der Waals surface area contributed by atoms with Crippen LogP contribution in [0.25, 0.3) is 0 Å². The minimum Gasteiger partial charge on any atom is -0.496 e. The van der Waals surface area contributed by atoms with E-state index >= 15 is 0 Å². The van der Waals surface area contributed by atoms with Gasteiger partial charge in [0.05, 0.1) is 19.6 Å². The lowest BCUT2D eigenvalue weighted by Gasteiger charge is -2.15. The molecule has 0 aliphatic carbocycles. The van der Waals surface area contributed by atoms with Gasteiger partial charge in [-0.25, -0.2) is 0 Å². The number of methoxy groups -OCH3 is 1. The van der Waals surface area contributed by atoms with Gasteiger partial charge in [0.25, 0.3) is 0 Å². The standard InChI is InChI=1S/C11H11F3N2O2/c1-17-10-3-2-7(18-11(12,13)14)6-8(10)9(16)4-5-15/h2-3,6,9H,4,16H2,1H3/t9-/m0/s1. The zero-order chi connectivity index (χ0) is 13.8. The molecule has 1 aromatic carbocycles. The third kappa shape index (κ3) is 3.82. The van der Waals surface area contributed by atoms with Crippen LogP contribution in [0.1, 0.15) is 18.0 Å². The maximum Gasteiger partial charge on any atom is 0.573 e. The van der Waals surface area contributed by atoms with Crippen molar-refractivity contribution in [3.05, 3.63) is 23.8 Å². The predicted octanol–water partition coefficient (Wildman–Crippen LogP) is 2.51. The Balaban J connectivity index is 3.06. The highest BCUT2D eigenvalue weighted by Gasteiger charge is 2.31. The number of hydrogen-bond donors (Lipinski definition) is 1. The van der Waals surface area contributed by atoms with Gasteiger partial charge in [0, 0.05) is 11.6 Å². The number of ether oxygens (including phenoxy) is 2. The number of alkyl halides is 3. The van der Waals surface area contributed by atoms with Crippen molar-refractivity contribution in [1.29, 1.82) is 5.26 Å². The summed E-state index contributed by atoms with van der Waals surface area (Å²) in [4.78, 5) is 0. The fourth-order valence-corrected chi connectivity index (χ4v) is 1.41. The fraction of sp³-hybridized carbons (Fsp3) is 0.364. The number of nitriles is 1. The van der Waals surface area contributed by atoms with Crippen molar-refractivity contribution in [2.75, 3.05) is 7.11 Å². The smallest absolute Gasteiger partial charge is 0.496 e. The lowest BCUT2D eigenvalue weighted by Crippen LogP contribution is -2.18. The van der Waals surface area contributed by atoms with Crippen molar-refractivity contribution in [3.8, 4) is 17.6 Å². The van der Waals surface area contributed by atoms with Crippen LogP contribution in [0.2, 0.25) is 0 Å². The Morgan fingerprint density at radius 3 is 2.61 bits per heavy atom. The molecule has 98 valence electrons. The number of rotatable bonds is 4. The normalized spacial score (nSPS) is 12.7. The zero-order valence-corrected chi connectivity index (χ0v) is 9.49. The van der Waals surface area contributed by atoms with Gasteiger partial charge in [0.2, 0.25) is 0 Å². The number of benzene rings is 1. The Labute approximate surface area is 102 Å². The lowest BCUT2D eigenvalue weighted by molar-refractivity contribution is -0.274. The summed E-state index contributed by atoms with van der Waals surface area (Å²) < 4.78 is 45.0. The first-order valence-corrected chi connectivity index (χ1v) is 4.93. The molecule has 0 amide bonds. The maximum atomic E-state index is 12.1. The molecule has 0 bridgehead atoms. The van der Waals surface area contributed by atoms with Crippen LogP contribution < -0.4 is 15.2 Å². The van der Waals surface area contributed by atoms with E-state index in [0.717, 1.165) is 12.1 Å². The van der Waals surface area contributed by atoms with Crippen LogP contribution in [-0.2, 0) is 0 Å². The van der Waals surface area contributed by atoms with E-state index in [0.29, 0.717) is 11.3 Å². The van der Waals surface area contributed by atoms with E-state index in [9.17, 15) is 13.2 Å². The number of halogens is 3. The van der Waals surface area contributed by atoms with Gasteiger partial charge in [-0.1, -0.05) is 0 Å². The molecule has 1 atom stereocenters. The molecule has 0 unspecified atom stereocenters. The SMILES string of the molecule is COc1ccc(OC(F)(F)F)cc1[C@@H](N)CC#N. The van der Waals surface area contributed by atoms with Crippen molar-refractivity contribution in [3.63, 3.8) is 0 Å². The molecule has 0 aliphatic rings. The van der Waals surface area contributed by atoms with Crippen molar-refractivity contribution < 1.29 is 22.6 Å². The number of hydrogen-bond acceptors (Lipinski definition) is 4.